The Kier molecular flexibility index (Phi) is 18.6. The topological polar surface area (TPSA) is 333 Å². The molecule has 2 aliphatic rings. The zero-order valence-electron chi connectivity index (χ0n) is 35.9. The van der Waals surface area contributed by atoms with Gasteiger partial charge in [-0.1, -0.05) is 62.7 Å². The van der Waals surface area contributed by atoms with Gasteiger partial charge in [-0.05, 0) is 61.3 Å². The summed E-state index contributed by atoms with van der Waals surface area (Å²) in [5, 5.41) is 40.8. The molecule has 2 aliphatic heterocycles. The first-order valence-electron chi connectivity index (χ1n) is 21.2. The molecule has 8 amide bonds. The number of nitrogens with zero attached hydrogens (tertiary/aromatic N) is 2. The van der Waals surface area contributed by atoms with Crippen LogP contribution in [0.4, 0.5) is 0 Å². The molecule has 0 unspecified atom stereocenters. The van der Waals surface area contributed by atoms with Gasteiger partial charge in [0.25, 0.3) is 0 Å². The number of hydrogen-bond donors (Lipinski definition) is 10. The van der Waals surface area contributed by atoms with Crippen LogP contribution >= 0.6 is 0 Å². The molecule has 0 aliphatic carbocycles. The van der Waals surface area contributed by atoms with Crippen molar-refractivity contribution in [3.05, 3.63) is 65.7 Å². The van der Waals surface area contributed by atoms with Crippen molar-refractivity contribution in [2.24, 2.45) is 17.4 Å². The third kappa shape index (κ3) is 13.9. The fourth-order valence-electron chi connectivity index (χ4n) is 7.59. The Morgan fingerprint density at radius 2 is 1.31 bits per heavy atom. The molecule has 0 aromatic heterocycles. The van der Waals surface area contributed by atoms with Crippen molar-refractivity contribution in [3.8, 4) is 5.75 Å². The number of phenols is 1. The molecule has 2 aromatic rings. The van der Waals surface area contributed by atoms with Crippen LogP contribution in [-0.2, 0) is 56.0 Å². The second-order valence-electron chi connectivity index (χ2n) is 16.1. The highest BCUT2D eigenvalue weighted by Gasteiger charge is 2.42. The van der Waals surface area contributed by atoms with E-state index in [1.165, 1.54) is 21.9 Å². The van der Waals surface area contributed by atoms with Crippen LogP contribution in [0.3, 0.4) is 0 Å². The number of likely N-dealkylation sites (tertiary alicyclic amines) is 2. The zero-order chi connectivity index (χ0) is 47.1. The number of phenolic OH excluding ortho intramolecular Hbond substituents is 1. The first-order chi connectivity index (χ1) is 30.4. The minimum atomic E-state index is -1.72. The second-order valence-corrected chi connectivity index (χ2v) is 16.1. The minimum absolute atomic E-state index is 0.00450. The minimum Gasteiger partial charge on any atom is -0.508 e. The van der Waals surface area contributed by atoms with Gasteiger partial charge in [-0.25, -0.2) is 4.79 Å². The fourth-order valence-corrected chi connectivity index (χ4v) is 7.59. The van der Waals surface area contributed by atoms with Crippen LogP contribution in [0.1, 0.15) is 63.5 Å². The first kappa shape index (κ1) is 50.0. The predicted molar refractivity (Wildman–Crippen MR) is 228 cm³/mol. The van der Waals surface area contributed by atoms with Crippen molar-refractivity contribution >= 4 is 53.2 Å². The average Bonchev–Trinajstić information content (AvgIpc) is 3.98. The number of aromatic hydroxyl groups is 1. The summed E-state index contributed by atoms with van der Waals surface area (Å²) in [4.78, 5) is 121. The number of hydrogen-bond acceptors (Lipinski definition) is 12. The Bertz CT molecular complexity index is 2000. The summed E-state index contributed by atoms with van der Waals surface area (Å²) in [6.07, 6.45) is 1.16. The highest BCUT2D eigenvalue weighted by Crippen LogP contribution is 2.24. The van der Waals surface area contributed by atoms with Crippen LogP contribution in [0.5, 0.6) is 5.75 Å². The summed E-state index contributed by atoms with van der Waals surface area (Å²) in [5.74, 6) is -8.02. The fraction of sp³-hybridized carbons (Fsp3) is 0.512. The maximum absolute atomic E-state index is 14.2. The van der Waals surface area contributed by atoms with Crippen LogP contribution in [-0.4, -0.2) is 147 Å². The SMILES string of the molecule is CC[C@H](C)[C@H](NC(=O)[C@@H]1CCCN1C(=O)CNC(=O)[C@H](Cc1ccc(O)cc1)NC(=O)[C@@H](N)Cc1ccccc1)C(=O)N1CCC[C@H]1C(=O)N[C@@H](CC(N)=O)C(=O)N[C@@H](CO)C(=O)O. The molecule has 12 N–H and O–H groups in total. The Morgan fingerprint density at radius 3 is 1.91 bits per heavy atom. The number of nitrogens with two attached hydrogens (primary N) is 2. The number of aliphatic hydroxyl groups excluding tert-OH is 1. The summed E-state index contributed by atoms with van der Waals surface area (Å²) in [5.41, 5.74) is 12.9. The molecule has 0 saturated carbocycles. The maximum atomic E-state index is 14.2. The van der Waals surface area contributed by atoms with Crippen molar-refractivity contribution < 1.29 is 58.5 Å². The van der Waals surface area contributed by atoms with Gasteiger partial charge in [0.05, 0.1) is 25.6 Å². The molecule has 2 aromatic carbocycles. The van der Waals surface area contributed by atoms with Crippen LogP contribution in [0.2, 0.25) is 0 Å². The van der Waals surface area contributed by atoms with Crippen LogP contribution in [0.15, 0.2) is 54.6 Å². The normalized spacial score (nSPS) is 18.6. The number of carbonyl (C=O) groups excluding carboxylic acids is 8. The number of benzene rings is 2. The van der Waals surface area contributed by atoms with E-state index in [4.69, 9.17) is 11.5 Å². The van der Waals surface area contributed by atoms with Gasteiger partial charge in [0, 0.05) is 19.5 Å². The third-order valence-electron chi connectivity index (χ3n) is 11.4. The van der Waals surface area contributed by atoms with Gasteiger partial charge in [-0.15, -0.1) is 0 Å². The number of aliphatic hydroxyl groups is 1. The molecule has 21 heteroatoms. The number of aliphatic carboxylic acids is 1. The molecule has 2 saturated heterocycles. The molecule has 8 atom stereocenters. The number of carbonyl (C=O) groups is 9. The quantitative estimate of drug-likeness (QED) is 0.0587. The van der Waals surface area contributed by atoms with Gasteiger partial charge in [-0.3, -0.25) is 38.4 Å². The summed E-state index contributed by atoms with van der Waals surface area (Å²) < 4.78 is 0. The molecule has 21 nitrogen and oxygen atoms in total. The molecule has 2 fully saturated rings. The summed E-state index contributed by atoms with van der Waals surface area (Å²) in [6.45, 7) is 2.33. The van der Waals surface area contributed by atoms with E-state index in [1.54, 1.807) is 26.0 Å². The highest BCUT2D eigenvalue weighted by molar-refractivity contribution is 5.98. The lowest BCUT2D eigenvalue weighted by atomic mass is 9.96. The summed E-state index contributed by atoms with van der Waals surface area (Å²) in [6, 6.07) is 6.34. The Morgan fingerprint density at radius 1 is 0.734 bits per heavy atom. The Labute approximate surface area is 370 Å². The van der Waals surface area contributed by atoms with Crippen LogP contribution < -0.4 is 38.1 Å². The molecule has 2 heterocycles. The van der Waals surface area contributed by atoms with E-state index >= 15 is 0 Å². The van der Waals surface area contributed by atoms with Gasteiger partial charge in [0.15, 0.2) is 0 Å². The number of nitrogens with one attached hydrogen (secondary N) is 5. The molecule has 0 spiro atoms. The Balaban J connectivity index is 1.42. The molecule has 0 bridgehead atoms. The van der Waals surface area contributed by atoms with Crippen molar-refractivity contribution in [3.63, 3.8) is 0 Å². The zero-order valence-corrected chi connectivity index (χ0v) is 35.9. The van der Waals surface area contributed by atoms with Crippen molar-refractivity contribution in [2.75, 3.05) is 26.2 Å². The van der Waals surface area contributed by atoms with Crippen molar-refractivity contribution in [1.29, 1.82) is 0 Å². The molecule has 348 valence electrons. The lowest BCUT2D eigenvalue weighted by Gasteiger charge is -2.33. The van der Waals surface area contributed by atoms with Crippen LogP contribution in [0, 0.1) is 5.92 Å². The lowest BCUT2D eigenvalue weighted by Crippen LogP contribution is -2.60. The monoisotopic (exact) mass is 893 g/mol. The number of primary amides is 1. The smallest absolute Gasteiger partial charge is 0.328 e. The number of carboxylic acid groups (broad SMARTS) is 1. The molecule has 64 heavy (non-hydrogen) atoms. The van der Waals surface area contributed by atoms with Gasteiger partial charge in [0.2, 0.25) is 47.3 Å². The molecule has 4 rings (SSSR count). The average molecular weight is 894 g/mol. The number of amides is 8. The van der Waals surface area contributed by atoms with Crippen molar-refractivity contribution in [2.45, 2.75) is 108 Å². The van der Waals surface area contributed by atoms with E-state index in [-0.39, 0.29) is 44.5 Å². The molecular formula is C43H59N9O12. The summed E-state index contributed by atoms with van der Waals surface area (Å²) in [7, 11) is 0. The lowest BCUT2D eigenvalue weighted by molar-refractivity contribution is -0.145. The second kappa shape index (κ2) is 23.7. The van der Waals surface area contributed by atoms with Crippen LogP contribution in [0.25, 0.3) is 0 Å². The molecular weight excluding hydrogens is 835 g/mol. The highest BCUT2D eigenvalue weighted by atomic mass is 16.4. The van der Waals surface area contributed by atoms with E-state index in [0.717, 1.165) is 5.56 Å². The van der Waals surface area contributed by atoms with E-state index in [2.05, 4.69) is 21.3 Å². The van der Waals surface area contributed by atoms with E-state index < -0.39 is 121 Å². The molecule has 0 radical (unpaired) electrons. The Hall–Kier alpha value is -6.61. The number of carboxylic acids is 1. The predicted octanol–water partition coefficient (Wildman–Crippen LogP) is -2.46. The van der Waals surface area contributed by atoms with Gasteiger partial charge in [0.1, 0.15) is 42.0 Å². The maximum Gasteiger partial charge on any atom is 0.328 e. The number of rotatable bonds is 22. The summed E-state index contributed by atoms with van der Waals surface area (Å²) >= 11 is 0. The van der Waals surface area contributed by atoms with Gasteiger partial charge < -0.3 is 63.2 Å². The third-order valence-corrected chi connectivity index (χ3v) is 11.4. The largest absolute Gasteiger partial charge is 0.508 e. The van der Waals surface area contributed by atoms with E-state index in [1.807, 2.05) is 35.6 Å². The van der Waals surface area contributed by atoms with E-state index in [9.17, 15) is 58.5 Å². The standard InChI is InChI=1S/C43H59N9O12/c1-3-24(2)36(42(62)52-18-8-12-33(52)40(60)48-30(21-34(45)55)39(59)49-31(23-53)43(63)64)50-41(61)32-11-7-17-51(32)35(56)22-46-38(58)29(20-26-13-15-27(54)16-14-26)47-37(57)28(44)19-25-9-5-4-6-10-25/h4-6,9-10,13-16,24,28-33,36,53-54H,3,7-8,11-12,17-23,44H2,1-2H3,(H2,45,55)(H,46,58)(H,47,57)(H,48,60)(H,49,59)(H,50,61)(H,63,64)/t24-,28-,29-,30-,31-,32-,33-,36-/m0/s1. The van der Waals surface area contributed by atoms with Gasteiger partial charge >= 0.3 is 5.97 Å². The van der Waals surface area contributed by atoms with Gasteiger partial charge in [-0.2, -0.15) is 0 Å². The van der Waals surface area contributed by atoms with E-state index in [0.29, 0.717) is 24.8 Å². The first-order valence-corrected chi connectivity index (χ1v) is 21.2. The van der Waals surface area contributed by atoms with Crippen molar-refractivity contribution in [1.82, 2.24) is 36.4 Å².